The number of hydrogen-bond donors (Lipinski definition) is 3. The molecule has 1 unspecified atom stereocenters. The van der Waals surface area contributed by atoms with Gasteiger partial charge in [-0.2, -0.15) is 0 Å². The molecule has 26 heavy (non-hydrogen) atoms. The number of amides is 1. The fourth-order valence-electron chi connectivity index (χ4n) is 3.78. The van der Waals surface area contributed by atoms with Crippen LogP contribution in [0.4, 0.5) is 0 Å². The Morgan fingerprint density at radius 3 is 2.23 bits per heavy atom. The molecule has 1 aliphatic carbocycles. The minimum Gasteiger partial charge on any atom is -0.361 e. The van der Waals surface area contributed by atoms with Crippen LogP contribution in [0.2, 0.25) is 0 Å². The van der Waals surface area contributed by atoms with Crippen LogP contribution < -0.4 is 5.73 Å². The number of aromatic amines is 2. The van der Waals surface area contributed by atoms with Gasteiger partial charge in [-0.15, -0.1) is 0 Å². The van der Waals surface area contributed by atoms with E-state index in [0.717, 1.165) is 39.4 Å². The first-order chi connectivity index (χ1) is 12.5. The van der Waals surface area contributed by atoms with Crippen LogP contribution in [0.25, 0.3) is 11.1 Å². The first kappa shape index (κ1) is 16.4. The van der Waals surface area contributed by atoms with E-state index in [1.54, 1.807) is 11.9 Å². The molecule has 4 rings (SSSR count). The highest BCUT2D eigenvalue weighted by molar-refractivity contribution is 6.10. The van der Waals surface area contributed by atoms with Crippen molar-refractivity contribution in [3.05, 3.63) is 82.6 Å². The second-order valence-electron chi connectivity index (χ2n) is 6.72. The second-order valence-corrected chi connectivity index (χ2v) is 6.72. The predicted molar refractivity (Wildman–Crippen MR) is 104 cm³/mol. The van der Waals surface area contributed by atoms with Crippen molar-refractivity contribution in [2.45, 2.75) is 19.9 Å². The maximum atomic E-state index is 13.0. The van der Waals surface area contributed by atoms with E-state index in [0.29, 0.717) is 5.57 Å². The quantitative estimate of drug-likeness (QED) is 0.730. The lowest BCUT2D eigenvalue weighted by molar-refractivity contribution is -0.122. The summed E-state index contributed by atoms with van der Waals surface area (Å²) in [5, 5.41) is 0. The number of allylic oxidation sites excluding steroid dienone is 3. The van der Waals surface area contributed by atoms with Crippen LogP contribution >= 0.6 is 0 Å². The van der Waals surface area contributed by atoms with Gasteiger partial charge in [0.1, 0.15) is 0 Å². The smallest absolute Gasteiger partial charge is 0.258 e. The molecule has 1 amide bonds. The summed E-state index contributed by atoms with van der Waals surface area (Å²) in [7, 11) is 1.80. The normalized spacial score (nSPS) is 23.6. The van der Waals surface area contributed by atoms with E-state index in [9.17, 15) is 4.79 Å². The summed E-state index contributed by atoms with van der Waals surface area (Å²) >= 11 is 0. The fraction of sp³-hybridized carbons (Fsp3) is 0.190. The molecule has 5 heteroatoms. The van der Waals surface area contributed by atoms with Gasteiger partial charge in [0.15, 0.2) is 0 Å². The van der Waals surface area contributed by atoms with Crippen molar-refractivity contribution in [1.82, 2.24) is 14.9 Å². The lowest BCUT2D eigenvalue weighted by atomic mass is 9.84. The molecule has 2 aromatic heterocycles. The monoisotopic (exact) mass is 346 g/mol. The predicted octanol–water partition coefficient (Wildman–Crippen LogP) is 3.21. The number of aromatic nitrogens is 2. The molecule has 2 aromatic rings. The van der Waals surface area contributed by atoms with E-state index in [1.165, 1.54) is 0 Å². The Balaban J connectivity index is 1.88. The molecule has 1 atom stereocenters. The van der Waals surface area contributed by atoms with Gasteiger partial charge in [-0.3, -0.25) is 4.79 Å². The Hall–Kier alpha value is -3.05. The minimum absolute atomic E-state index is 0.0130. The third-order valence-corrected chi connectivity index (χ3v) is 5.30. The molecule has 4 N–H and O–H groups in total. The lowest BCUT2D eigenvalue weighted by Crippen LogP contribution is -2.28. The summed E-state index contributed by atoms with van der Waals surface area (Å²) in [6, 6.07) is 7.54. The summed E-state index contributed by atoms with van der Waals surface area (Å²) in [6.45, 7) is 4.02. The SMILES string of the molecule is CC(=C1C(=O)N(C)C2=C1C(N)C(=C(C)c1ccc[nH]1)C=C2)c1ccc[nH]1. The molecule has 0 bridgehead atoms. The number of likely N-dealkylation sites (N-methyl/N-ethyl adjacent to an activating group) is 1. The number of H-pyrrole nitrogens is 2. The van der Waals surface area contributed by atoms with Crippen molar-refractivity contribution in [2.75, 3.05) is 7.05 Å². The van der Waals surface area contributed by atoms with Crippen LogP contribution in [0.1, 0.15) is 25.2 Å². The van der Waals surface area contributed by atoms with Gasteiger partial charge in [0.25, 0.3) is 5.91 Å². The van der Waals surface area contributed by atoms with Gasteiger partial charge in [-0.05, 0) is 60.9 Å². The Morgan fingerprint density at radius 1 is 1.04 bits per heavy atom. The second kappa shape index (κ2) is 6.04. The van der Waals surface area contributed by atoms with E-state index >= 15 is 0 Å². The van der Waals surface area contributed by atoms with E-state index in [4.69, 9.17) is 5.73 Å². The van der Waals surface area contributed by atoms with Crippen molar-refractivity contribution in [1.29, 1.82) is 0 Å². The first-order valence-electron chi connectivity index (χ1n) is 8.66. The van der Waals surface area contributed by atoms with Gasteiger partial charge >= 0.3 is 0 Å². The molecule has 132 valence electrons. The minimum atomic E-state index is -0.355. The van der Waals surface area contributed by atoms with E-state index in [2.05, 4.69) is 16.9 Å². The number of rotatable bonds is 2. The Kier molecular flexibility index (Phi) is 3.81. The van der Waals surface area contributed by atoms with E-state index in [1.807, 2.05) is 55.7 Å². The van der Waals surface area contributed by atoms with Crippen LogP contribution in [-0.4, -0.2) is 33.9 Å². The molecule has 0 saturated heterocycles. The Bertz CT molecular complexity index is 985. The van der Waals surface area contributed by atoms with Gasteiger partial charge in [0, 0.05) is 42.1 Å². The largest absolute Gasteiger partial charge is 0.361 e. The average Bonchev–Trinajstić information content (AvgIpc) is 3.37. The fourth-order valence-corrected chi connectivity index (χ4v) is 3.78. The van der Waals surface area contributed by atoms with Gasteiger partial charge < -0.3 is 20.6 Å². The molecule has 0 aromatic carbocycles. The highest BCUT2D eigenvalue weighted by atomic mass is 16.2. The van der Waals surface area contributed by atoms with Gasteiger partial charge in [-0.25, -0.2) is 0 Å². The molecule has 0 spiro atoms. The summed E-state index contributed by atoms with van der Waals surface area (Å²) in [4.78, 5) is 21.1. The van der Waals surface area contributed by atoms with Crippen LogP contribution in [0.15, 0.2) is 71.2 Å². The van der Waals surface area contributed by atoms with Gasteiger partial charge in [0.2, 0.25) is 0 Å². The summed E-state index contributed by atoms with van der Waals surface area (Å²) < 4.78 is 0. The van der Waals surface area contributed by atoms with Crippen molar-refractivity contribution in [3.8, 4) is 0 Å². The van der Waals surface area contributed by atoms with Crippen molar-refractivity contribution in [3.63, 3.8) is 0 Å². The molecule has 0 radical (unpaired) electrons. The number of nitrogens with two attached hydrogens (primary N) is 1. The Morgan fingerprint density at radius 2 is 1.65 bits per heavy atom. The summed E-state index contributed by atoms with van der Waals surface area (Å²) in [5.74, 6) is -0.0130. The van der Waals surface area contributed by atoms with Crippen molar-refractivity contribution < 1.29 is 4.79 Å². The third-order valence-electron chi connectivity index (χ3n) is 5.30. The number of carbonyl (C=O) groups excluding carboxylic acids is 1. The standard InChI is InChI=1S/C21H22N4O/c1-12(15-6-4-10-23-15)14-8-9-17-19(20(14)22)18(21(26)25(17)3)13(2)16-7-5-11-24-16/h4-11,20,23-24H,22H2,1-3H3. The highest BCUT2D eigenvalue weighted by Gasteiger charge is 2.39. The lowest BCUT2D eigenvalue weighted by Gasteiger charge is -2.23. The van der Waals surface area contributed by atoms with E-state index < -0.39 is 0 Å². The first-order valence-corrected chi connectivity index (χ1v) is 8.66. The van der Waals surface area contributed by atoms with E-state index in [-0.39, 0.29) is 11.9 Å². The summed E-state index contributed by atoms with van der Waals surface area (Å²) in [6.07, 6.45) is 7.78. The van der Waals surface area contributed by atoms with Crippen molar-refractivity contribution in [2.24, 2.45) is 5.73 Å². The number of carbonyl (C=O) groups is 1. The Labute approximate surface area is 152 Å². The number of nitrogens with one attached hydrogen (secondary N) is 2. The molecule has 1 aliphatic heterocycles. The highest BCUT2D eigenvalue weighted by Crippen LogP contribution is 2.41. The molecule has 3 heterocycles. The molecule has 0 fully saturated rings. The maximum Gasteiger partial charge on any atom is 0.258 e. The zero-order valence-electron chi connectivity index (χ0n) is 15.1. The molecule has 2 aliphatic rings. The van der Waals surface area contributed by atoms with Crippen LogP contribution in [-0.2, 0) is 4.79 Å². The van der Waals surface area contributed by atoms with Crippen LogP contribution in [0.5, 0.6) is 0 Å². The zero-order chi connectivity index (χ0) is 18.4. The topological polar surface area (TPSA) is 77.9 Å². The van der Waals surface area contributed by atoms with Crippen LogP contribution in [0.3, 0.4) is 0 Å². The number of hydrogen-bond acceptors (Lipinski definition) is 2. The maximum absolute atomic E-state index is 13.0. The van der Waals surface area contributed by atoms with Gasteiger partial charge in [0.05, 0.1) is 11.6 Å². The van der Waals surface area contributed by atoms with Crippen LogP contribution in [0, 0.1) is 0 Å². The molecular weight excluding hydrogens is 324 g/mol. The van der Waals surface area contributed by atoms with Crippen molar-refractivity contribution >= 4 is 17.1 Å². The third kappa shape index (κ3) is 2.32. The molecule has 0 saturated carbocycles. The molecular formula is C21H22N4O. The molecule has 5 nitrogen and oxygen atoms in total. The summed E-state index contributed by atoms with van der Waals surface area (Å²) in [5.41, 5.74) is 14.1. The average molecular weight is 346 g/mol. The van der Waals surface area contributed by atoms with Gasteiger partial charge in [-0.1, -0.05) is 6.08 Å². The zero-order valence-corrected chi connectivity index (χ0v) is 15.1. The number of nitrogens with zero attached hydrogens (tertiary/aromatic N) is 1.